The van der Waals surface area contributed by atoms with Crippen molar-refractivity contribution in [1.82, 2.24) is 0 Å². The van der Waals surface area contributed by atoms with Crippen molar-refractivity contribution in [3.05, 3.63) is 34.3 Å². The van der Waals surface area contributed by atoms with Crippen LogP contribution in [0.15, 0.2) is 18.2 Å². The Morgan fingerprint density at radius 1 is 1.36 bits per heavy atom. The van der Waals surface area contributed by atoms with Gasteiger partial charge in [0, 0.05) is 10.6 Å². The standard InChI is InChI=1S/C9H6ClF3O/c10-7-3-5(9(11,12)13)1-2-6(7)8-4-14-8/h1-3,8H,4H2/t8-/m1/s1. The van der Waals surface area contributed by atoms with Gasteiger partial charge >= 0.3 is 6.18 Å². The number of halogens is 4. The van der Waals surface area contributed by atoms with E-state index >= 15 is 0 Å². The lowest BCUT2D eigenvalue weighted by atomic mass is 10.1. The van der Waals surface area contributed by atoms with Crippen molar-refractivity contribution in [3.63, 3.8) is 0 Å². The average Bonchev–Trinajstić information content (AvgIpc) is 2.85. The van der Waals surface area contributed by atoms with Crippen molar-refractivity contribution in [2.75, 3.05) is 6.61 Å². The van der Waals surface area contributed by atoms with Crippen LogP contribution < -0.4 is 0 Å². The number of ether oxygens (including phenoxy) is 1. The molecule has 1 nitrogen and oxygen atoms in total. The molecular weight excluding hydrogens is 217 g/mol. The zero-order valence-corrected chi connectivity index (χ0v) is 7.69. The first-order chi connectivity index (χ1) is 6.48. The molecule has 1 aromatic rings. The molecule has 5 heteroatoms. The fourth-order valence-electron chi connectivity index (χ4n) is 1.19. The Morgan fingerprint density at radius 3 is 2.43 bits per heavy atom. The van der Waals surface area contributed by atoms with E-state index in [-0.39, 0.29) is 11.1 Å². The van der Waals surface area contributed by atoms with Gasteiger partial charge in [-0.25, -0.2) is 0 Å². The predicted molar refractivity (Wildman–Crippen MR) is 45.1 cm³/mol. The van der Waals surface area contributed by atoms with Crippen molar-refractivity contribution in [2.24, 2.45) is 0 Å². The molecule has 0 unspecified atom stereocenters. The third kappa shape index (κ3) is 1.86. The van der Waals surface area contributed by atoms with Gasteiger partial charge in [0.2, 0.25) is 0 Å². The molecule has 1 heterocycles. The Morgan fingerprint density at radius 2 is 2.00 bits per heavy atom. The summed E-state index contributed by atoms with van der Waals surface area (Å²) in [5.74, 6) is 0. The highest BCUT2D eigenvalue weighted by molar-refractivity contribution is 6.31. The van der Waals surface area contributed by atoms with Gasteiger partial charge < -0.3 is 4.74 Å². The predicted octanol–water partition coefficient (Wildman–Crippen LogP) is 3.43. The van der Waals surface area contributed by atoms with Gasteiger partial charge in [0.15, 0.2) is 0 Å². The molecule has 0 amide bonds. The van der Waals surface area contributed by atoms with E-state index in [2.05, 4.69) is 0 Å². The molecule has 1 aromatic carbocycles. The Labute approximate surface area is 83.4 Å². The van der Waals surface area contributed by atoms with Crippen molar-refractivity contribution >= 4 is 11.6 Å². The number of hydrogen-bond acceptors (Lipinski definition) is 1. The monoisotopic (exact) mass is 222 g/mol. The Kier molecular flexibility index (Phi) is 2.20. The van der Waals surface area contributed by atoms with Crippen molar-refractivity contribution in [2.45, 2.75) is 12.3 Å². The molecular formula is C9H6ClF3O. The van der Waals surface area contributed by atoms with Crippen LogP contribution in [0, 0.1) is 0 Å². The van der Waals surface area contributed by atoms with E-state index in [1.165, 1.54) is 6.07 Å². The summed E-state index contributed by atoms with van der Waals surface area (Å²) in [4.78, 5) is 0. The average molecular weight is 223 g/mol. The van der Waals surface area contributed by atoms with Crippen LogP contribution in [0.25, 0.3) is 0 Å². The largest absolute Gasteiger partial charge is 0.416 e. The number of hydrogen-bond donors (Lipinski definition) is 0. The van der Waals surface area contributed by atoms with Crippen LogP contribution in [-0.2, 0) is 10.9 Å². The van der Waals surface area contributed by atoms with Crippen molar-refractivity contribution in [1.29, 1.82) is 0 Å². The molecule has 1 aliphatic heterocycles. The molecule has 0 saturated carbocycles. The van der Waals surface area contributed by atoms with E-state index < -0.39 is 11.7 Å². The lowest BCUT2D eigenvalue weighted by Crippen LogP contribution is -2.04. The minimum atomic E-state index is -4.34. The normalized spacial score (nSPS) is 21.0. The van der Waals surface area contributed by atoms with Crippen LogP contribution in [0.2, 0.25) is 5.02 Å². The molecule has 1 fully saturated rings. The zero-order valence-electron chi connectivity index (χ0n) is 6.94. The Balaban J connectivity index is 2.35. The quantitative estimate of drug-likeness (QED) is 0.664. The molecule has 14 heavy (non-hydrogen) atoms. The fourth-order valence-corrected chi connectivity index (χ4v) is 1.49. The topological polar surface area (TPSA) is 12.5 Å². The minimum Gasteiger partial charge on any atom is -0.368 e. The van der Waals surface area contributed by atoms with Crippen LogP contribution >= 0.6 is 11.6 Å². The highest BCUT2D eigenvalue weighted by Crippen LogP contribution is 2.38. The summed E-state index contributed by atoms with van der Waals surface area (Å²) < 4.78 is 41.6. The maximum atomic E-state index is 12.2. The zero-order chi connectivity index (χ0) is 10.3. The lowest BCUT2D eigenvalue weighted by molar-refractivity contribution is -0.137. The van der Waals surface area contributed by atoms with Crippen LogP contribution in [0.4, 0.5) is 13.2 Å². The highest BCUT2D eigenvalue weighted by atomic mass is 35.5. The van der Waals surface area contributed by atoms with Gasteiger partial charge in [0.1, 0.15) is 6.10 Å². The summed E-state index contributed by atoms with van der Waals surface area (Å²) >= 11 is 5.69. The van der Waals surface area contributed by atoms with Crippen molar-refractivity contribution < 1.29 is 17.9 Å². The number of rotatable bonds is 1. The second-order valence-corrected chi connectivity index (χ2v) is 3.46. The van der Waals surface area contributed by atoms with Gasteiger partial charge in [-0.2, -0.15) is 13.2 Å². The first-order valence-corrected chi connectivity index (χ1v) is 4.34. The maximum Gasteiger partial charge on any atom is 0.416 e. The van der Waals surface area contributed by atoms with Gasteiger partial charge in [-0.05, 0) is 12.1 Å². The lowest BCUT2D eigenvalue weighted by Gasteiger charge is -2.08. The molecule has 1 aliphatic rings. The smallest absolute Gasteiger partial charge is 0.368 e. The third-order valence-corrected chi connectivity index (χ3v) is 2.34. The van der Waals surface area contributed by atoms with E-state index in [1.54, 1.807) is 0 Å². The van der Waals surface area contributed by atoms with E-state index in [0.717, 1.165) is 12.1 Å². The summed E-state index contributed by atoms with van der Waals surface area (Å²) in [7, 11) is 0. The third-order valence-electron chi connectivity index (χ3n) is 2.01. The molecule has 0 N–H and O–H groups in total. The Bertz CT molecular complexity index is 358. The first-order valence-electron chi connectivity index (χ1n) is 3.97. The van der Waals surface area contributed by atoms with E-state index in [1.807, 2.05) is 0 Å². The summed E-state index contributed by atoms with van der Waals surface area (Å²) in [5.41, 5.74) is -0.105. The van der Waals surface area contributed by atoms with Crippen LogP contribution in [-0.4, -0.2) is 6.61 Å². The molecule has 0 bridgehead atoms. The molecule has 0 spiro atoms. The van der Waals surface area contributed by atoms with Crippen LogP contribution in [0.5, 0.6) is 0 Å². The fraction of sp³-hybridized carbons (Fsp3) is 0.333. The molecule has 76 valence electrons. The number of epoxide rings is 1. The SMILES string of the molecule is FC(F)(F)c1ccc([C@H]2CO2)c(Cl)c1. The number of alkyl halides is 3. The van der Waals surface area contributed by atoms with Crippen molar-refractivity contribution in [3.8, 4) is 0 Å². The van der Waals surface area contributed by atoms with Gasteiger partial charge in [-0.1, -0.05) is 17.7 Å². The Hall–Kier alpha value is -0.740. The van der Waals surface area contributed by atoms with Gasteiger partial charge in [-0.3, -0.25) is 0 Å². The maximum absolute atomic E-state index is 12.2. The van der Waals surface area contributed by atoms with Crippen LogP contribution in [0.3, 0.4) is 0 Å². The first kappa shape index (κ1) is 9.80. The number of benzene rings is 1. The summed E-state index contributed by atoms with van der Waals surface area (Å²) in [6, 6.07) is 3.31. The molecule has 0 aromatic heterocycles. The highest BCUT2D eigenvalue weighted by Gasteiger charge is 2.33. The van der Waals surface area contributed by atoms with E-state index in [9.17, 15) is 13.2 Å². The van der Waals surface area contributed by atoms with Gasteiger partial charge in [-0.15, -0.1) is 0 Å². The van der Waals surface area contributed by atoms with Gasteiger partial charge in [0.05, 0.1) is 12.2 Å². The van der Waals surface area contributed by atoms with E-state index in [4.69, 9.17) is 16.3 Å². The molecule has 1 atom stereocenters. The summed E-state index contributed by atoms with van der Waals surface area (Å²) in [5, 5.41) is 0.113. The molecule has 1 saturated heterocycles. The minimum absolute atomic E-state index is 0.113. The molecule has 0 radical (unpaired) electrons. The summed E-state index contributed by atoms with van der Waals surface area (Å²) in [6.45, 7) is 0.533. The molecule has 0 aliphatic carbocycles. The second kappa shape index (κ2) is 3.14. The van der Waals surface area contributed by atoms with E-state index in [0.29, 0.717) is 12.2 Å². The second-order valence-electron chi connectivity index (χ2n) is 3.06. The van der Waals surface area contributed by atoms with Crippen LogP contribution in [0.1, 0.15) is 17.2 Å². The van der Waals surface area contributed by atoms with Gasteiger partial charge in [0.25, 0.3) is 0 Å². The molecule has 2 rings (SSSR count). The summed E-state index contributed by atoms with van der Waals surface area (Å²) in [6.07, 6.45) is -4.46.